The highest BCUT2D eigenvalue weighted by atomic mass is 16.6. The van der Waals surface area contributed by atoms with Crippen LogP contribution in [0.4, 0.5) is 0 Å². The maximum atomic E-state index is 11.2. The topological polar surface area (TPSA) is 66.8 Å². The van der Waals surface area contributed by atoms with Gasteiger partial charge in [0.05, 0.1) is 6.61 Å². The lowest BCUT2D eigenvalue weighted by Crippen LogP contribution is -2.40. The van der Waals surface area contributed by atoms with Gasteiger partial charge in [0.15, 0.2) is 5.60 Å². The molecule has 1 rings (SSSR count). The predicted molar refractivity (Wildman–Crippen MR) is 53.9 cm³/mol. The van der Waals surface area contributed by atoms with Crippen LogP contribution in [0.15, 0.2) is 30.3 Å². The molecule has 0 saturated carbocycles. The number of hydrogen-bond donors (Lipinski definition) is 2. The summed E-state index contributed by atoms with van der Waals surface area (Å²) in [5.41, 5.74) is -0.992. The Bertz CT molecular complexity index is 319. The van der Waals surface area contributed by atoms with E-state index in [1.807, 2.05) is 18.2 Å². The minimum absolute atomic E-state index is 0.0931. The first-order valence-corrected chi connectivity index (χ1v) is 4.60. The van der Waals surface area contributed by atoms with Crippen LogP contribution < -0.4 is 0 Å². The van der Waals surface area contributed by atoms with Gasteiger partial charge in [-0.3, -0.25) is 0 Å². The van der Waals surface area contributed by atoms with Gasteiger partial charge < -0.3 is 14.9 Å². The SMILES string of the molecule is CC(O)(CO)C(=O)OCc1ccccc1. The fraction of sp³-hybridized carbons (Fsp3) is 0.364. The first-order chi connectivity index (χ1) is 7.06. The van der Waals surface area contributed by atoms with Crippen LogP contribution in [0.3, 0.4) is 0 Å². The van der Waals surface area contributed by atoms with E-state index in [1.54, 1.807) is 12.1 Å². The lowest BCUT2D eigenvalue weighted by atomic mass is 10.1. The highest BCUT2D eigenvalue weighted by Crippen LogP contribution is 2.07. The summed E-state index contributed by atoms with van der Waals surface area (Å²) >= 11 is 0. The molecule has 0 bridgehead atoms. The summed E-state index contributed by atoms with van der Waals surface area (Å²) in [6.07, 6.45) is 0. The molecule has 0 aromatic heterocycles. The molecule has 0 aliphatic rings. The van der Waals surface area contributed by atoms with Crippen LogP contribution in [0.25, 0.3) is 0 Å². The molecule has 0 radical (unpaired) electrons. The van der Waals surface area contributed by atoms with Crippen molar-refractivity contribution in [2.75, 3.05) is 6.61 Å². The zero-order valence-electron chi connectivity index (χ0n) is 8.51. The van der Waals surface area contributed by atoms with Gasteiger partial charge in [-0.25, -0.2) is 4.79 Å². The number of rotatable bonds is 4. The zero-order chi connectivity index (χ0) is 11.3. The second-order valence-electron chi connectivity index (χ2n) is 3.49. The number of esters is 1. The normalized spacial score (nSPS) is 14.3. The second kappa shape index (κ2) is 4.91. The minimum Gasteiger partial charge on any atom is -0.459 e. The van der Waals surface area contributed by atoms with Gasteiger partial charge in [-0.1, -0.05) is 30.3 Å². The van der Waals surface area contributed by atoms with Crippen molar-refractivity contribution in [3.05, 3.63) is 35.9 Å². The van der Waals surface area contributed by atoms with Crippen molar-refractivity contribution in [2.45, 2.75) is 19.1 Å². The van der Waals surface area contributed by atoms with E-state index in [9.17, 15) is 9.90 Å². The van der Waals surface area contributed by atoms with Crippen molar-refractivity contribution in [3.63, 3.8) is 0 Å². The molecule has 0 aliphatic carbocycles. The third-order valence-corrected chi connectivity index (χ3v) is 1.96. The fourth-order valence-corrected chi connectivity index (χ4v) is 0.943. The van der Waals surface area contributed by atoms with E-state index in [-0.39, 0.29) is 6.61 Å². The van der Waals surface area contributed by atoms with Crippen molar-refractivity contribution >= 4 is 5.97 Å². The first kappa shape index (κ1) is 11.7. The van der Waals surface area contributed by atoms with E-state index in [0.717, 1.165) is 5.56 Å². The van der Waals surface area contributed by atoms with Crippen LogP contribution in [0.5, 0.6) is 0 Å². The van der Waals surface area contributed by atoms with Gasteiger partial charge in [0, 0.05) is 0 Å². The lowest BCUT2D eigenvalue weighted by Gasteiger charge is -2.18. The van der Waals surface area contributed by atoms with E-state index in [1.165, 1.54) is 6.92 Å². The lowest BCUT2D eigenvalue weighted by molar-refractivity contribution is -0.168. The molecule has 0 saturated heterocycles. The molecule has 0 aliphatic heterocycles. The van der Waals surface area contributed by atoms with E-state index >= 15 is 0 Å². The standard InChI is InChI=1S/C11H14O4/c1-11(14,8-12)10(13)15-7-9-5-3-2-4-6-9/h2-6,12,14H,7-8H2,1H3. The molecule has 0 spiro atoms. The minimum atomic E-state index is -1.82. The number of hydrogen-bond acceptors (Lipinski definition) is 4. The Kier molecular flexibility index (Phi) is 3.82. The average molecular weight is 210 g/mol. The van der Waals surface area contributed by atoms with Crippen LogP contribution >= 0.6 is 0 Å². The number of aliphatic hydroxyl groups excluding tert-OH is 1. The average Bonchev–Trinajstić information content (AvgIpc) is 2.27. The largest absolute Gasteiger partial charge is 0.459 e. The van der Waals surface area contributed by atoms with Crippen LogP contribution in [-0.4, -0.2) is 28.4 Å². The van der Waals surface area contributed by atoms with Gasteiger partial charge in [-0.05, 0) is 12.5 Å². The molecule has 0 fully saturated rings. The van der Waals surface area contributed by atoms with Crippen molar-refractivity contribution in [3.8, 4) is 0 Å². The monoisotopic (exact) mass is 210 g/mol. The molecule has 4 nitrogen and oxygen atoms in total. The Morgan fingerprint density at radius 2 is 2.00 bits per heavy atom. The maximum Gasteiger partial charge on any atom is 0.340 e. The number of carbonyl (C=O) groups excluding carboxylic acids is 1. The molecule has 1 aromatic rings. The molecule has 0 heterocycles. The fourth-order valence-electron chi connectivity index (χ4n) is 0.943. The summed E-state index contributed by atoms with van der Waals surface area (Å²) < 4.78 is 4.83. The van der Waals surface area contributed by atoms with Gasteiger partial charge in [-0.2, -0.15) is 0 Å². The predicted octanol–water partition coefficient (Wildman–Crippen LogP) is 0.473. The summed E-state index contributed by atoms with van der Waals surface area (Å²) in [5, 5.41) is 18.1. The second-order valence-corrected chi connectivity index (χ2v) is 3.49. The van der Waals surface area contributed by atoms with Gasteiger partial charge in [0.2, 0.25) is 0 Å². The molecule has 15 heavy (non-hydrogen) atoms. The highest BCUT2D eigenvalue weighted by molar-refractivity contribution is 5.78. The Morgan fingerprint density at radius 3 is 2.53 bits per heavy atom. The number of ether oxygens (including phenoxy) is 1. The molecular weight excluding hydrogens is 196 g/mol. The Morgan fingerprint density at radius 1 is 1.40 bits per heavy atom. The van der Waals surface area contributed by atoms with Gasteiger partial charge >= 0.3 is 5.97 Å². The molecule has 82 valence electrons. The molecule has 1 atom stereocenters. The maximum absolute atomic E-state index is 11.2. The summed E-state index contributed by atoms with van der Waals surface area (Å²) in [5.74, 6) is -0.825. The third kappa shape index (κ3) is 3.34. The zero-order valence-corrected chi connectivity index (χ0v) is 8.51. The van der Waals surface area contributed by atoms with E-state index in [0.29, 0.717) is 0 Å². The van der Waals surface area contributed by atoms with E-state index < -0.39 is 18.2 Å². The Hall–Kier alpha value is -1.39. The third-order valence-electron chi connectivity index (χ3n) is 1.96. The van der Waals surface area contributed by atoms with Crippen LogP contribution in [0.2, 0.25) is 0 Å². The van der Waals surface area contributed by atoms with Crippen molar-refractivity contribution in [2.24, 2.45) is 0 Å². The van der Waals surface area contributed by atoms with E-state index in [2.05, 4.69) is 0 Å². The first-order valence-electron chi connectivity index (χ1n) is 4.60. The number of aliphatic hydroxyl groups is 2. The van der Waals surface area contributed by atoms with Crippen LogP contribution in [0.1, 0.15) is 12.5 Å². The van der Waals surface area contributed by atoms with E-state index in [4.69, 9.17) is 9.84 Å². The Labute approximate surface area is 88.1 Å². The van der Waals surface area contributed by atoms with Gasteiger partial charge in [-0.15, -0.1) is 0 Å². The molecule has 1 aromatic carbocycles. The van der Waals surface area contributed by atoms with Crippen molar-refractivity contribution < 1.29 is 19.7 Å². The molecule has 0 amide bonds. The summed E-state index contributed by atoms with van der Waals surface area (Å²) in [7, 11) is 0. The van der Waals surface area contributed by atoms with Crippen LogP contribution in [-0.2, 0) is 16.1 Å². The summed E-state index contributed by atoms with van der Waals surface area (Å²) in [4.78, 5) is 11.2. The highest BCUT2D eigenvalue weighted by Gasteiger charge is 2.31. The Balaban J connectivity index is 2.48. The molecule has 4 heteroatoms. The quantitative estimate of drug-likeness (QED) is 0.709. The molecular formula is C11H14O4. The number of benzene rings is 1. The molecule has 1 unspecified atom stereocenters. The number of carbonyl (C=O) groups is 1. The summed E-state index contributed by atoms with van der Waals surface area (Å²) in [6, 6.07) is 9.12. The van der Waals surface area contributed by atoms with Crippen molar-refractivity contribution in [1.82, 2.24) is 0 Å². The smallest absolute Gasteiger partial charge is 0.340 e. The van der Waals surface area contributed by atoms with Crippen molar-refractivity contribution in [1.29, 1.82) is 0 Å². The summed E-state index contributed by atoms with van der Waals surface area (Å²) in [6.45, 7) is 0.650. The van der Waals surface area contributed by atoms with Gasteiger partial charge in [0.1, 0.15) is 6.61 Å². The van der Waals surface area contributed by atoms with Crippen LogP contribution in [0, 0.1) is 0 Å². The van der Waals surface area contributed by atoms with Gasteiger partial charge in [0.25, 0.3) is 0 Å². The molecule has 2 N–H and O–H groups in total.